The first-order valence-corrected chi connectivity index (χ1v) is 11.2. The van der Waals surface area contributed by atoms with Crippen LogP contribution in [0.2, 0.25) is 5.02 Å². The Hall–Kier alpha value is -0.736. The molecule has 161 valence electrons. The summed E-state index contributed by atoms with van der Waals surface area (Å²) in [4.78, 5) is 12.6. The van der Waals surface area contributed by atoms with Crippen LogP contribution < -0.4 is 5.32 Å². The van der Waals surface area contributed by atoms with Gasteiger partial charge >= 0.3 is 0 Å². The second kappa shape index (κ2) is 13.6. The van der Waals surface area contributed by atoms with Gasteiger partial charge in [-0.2, -0.15) is 0 Å². The van der Waals surface area contributed by atoms with Gasteiger partial charge in [-0.25, -0.2) is 0 Å². The van der Waals surface area contributed by atoms with Gasteiger partial charge in [-0.1, -0.05) is 47.5 Å². The molecule has 0 spiro atoms. The van der Waals surface area contributed by atoms with Crippen LogP contribution in [-0.4, -0.2) is 36.6 Å². The van der Waals surface area contributed by atoms with Gasteiger partial charge in [-0.3, -0.25) is 4.79 Å². The van der Waals surface area contributed by atoms with E-state index in [1.807, 2.05) is 44.2 Å². The van der Waals surface area contributed by atoms with Gasteiger partial charge in [0, 0.05) is 43.4 Å². The van der Waals surface area contributed by atoms with E-state index in [1.54, 1.807) is 0 Å². The summed E-state index contributed by atoms with van der Waals surface area (Å²) in [6.07, 6.45) is 5.08. The zero-order valence-electron chi connectivity index (χ0n) is 19.0. The summed E-state index contributed by atoms with van der Waals surface area (Å²) in [5.41, 5.74) is 4.29. The molecule has 2 aromatic carbocycles. The maximum atomic E-state index is 12.6. The van der Waals surface area contributed by atoms with E-state index in [0.29, 0.717) is 6.54 Å². The van der Waals surface area contributed by atoms with E-state index >= 15 is 0 Å². The molecule has 1 aliphatic rings. The molecule has 3 nitrogen and oxygen atoms in total. The van der Waals surface area contributed by atoms with Crippen LogP contribution in [0.4, 0.5) is 5.69 Å². The van der Waals surface area contributed by atoms with Crippen molar-refractivity contribution in [2.45, 2.75) is 53.4 Å². The van der Waals surface area contributed by atoms with E-state index in [-0.39, 0.29) is 38.6 Å². The largest absolute Gasteiger partial charge is 0.321 e. The van der Waals surface area contributed by atoms with Crippen LogP contribution in [0.1, 0.15) is 49.3 Å². The Morgan fingerprint density at radius 3 is 1.93 bits per heavy atom. The van der Waals surface area contributed by atoms with Crippen LogP contribution >= 0.6 is 11.6 Å². The van der Waals surface area contributed by atoms with Crippen molar-refractivity contribution in [2.75, 3.05) is 31.5 Å². The number of hydrogen-bond donors (Lipinski definition) is 1. The molecule has 30 heavy (non-hydrogen) atoms. The summed E-state index contributed by atoms with van der Waals surface area (Å²) in [6.45, 7) is 12.1. The predicted octanol–water partition coefficient (Wildman–Crippen LogP) is 6.30. The molecule has 1 saturated heterocycles. The Balaban J connectivity index is 0.000000477. The number of carbonyl (C=O) groups excluding carboxylic acids is 1. The molecule has 0 bridgehead atoms. The summed E-state index contributed by atoms with van der Waals surface area (Å²) >= 11 is 6.06. The smallest absolute Gasteiger partial charge is 0.279 e. The number of anilines is 1. The first kappa shape index (κ1) is 27.3. The quantitative estimate of drug-likeness (QED) is 0.486. The van der Waals surface area contributed by atoms with Crippen molar-refractivity contribution in [1.29, 1.82) is 0 Å². The van der Waals surface area contributed by atoms with Crippen LogP contribution in [0.3, 0.4) is 0 Å². The van der Waals surface area contributed by atoms with E-state index in [9.17, 15) is 4.79 Å². The van der Waals surface area contributed by atoms with Gasteiger partial charge in [0.25, 0.3) is 5.91 Å². The molecule has 1 heterocycles. The molecule has 2 aromatic rings. The van der Waals surface area contributed by atoms with Crippen molar-refractivity contribution in [3.05, 3.63) is 64.2 Å². The fourth-order valence-electron chi connectivity index (χ4n) is 4.07. The minimum Gasteiger partial charge on any atom is -0.321 e. The van der Waals surface area contributed by atoms with Crippen molar-refractivity contribution >= 4 is 23.2 Å². The van der Waals surface area contributed by atoms with Crippen LogP contribution in [0.5, 0.6) is 0 Å². The number of nitrogens with zero attached hydrogens (tertiary/aromatic N) is 1. The van der Waals surface area contributed by atoms with E-state index < -0.39 is 0 Å². The van der Waals surface area contributed by atoms with Crippen molar-refractivity contribution in [3.8, 4) is 0 Å². The maximum Gasteiger partial charge on any atom is 0.279 e. The zero-order valence-corrected chi connectivity index (χ0v) is 22.6. The Morgan fingerprint density at radius 2 is 1.50 bits per heavy atom. The predicted molar refractivity (Wildman–Crippen MR) is 125 cm³/mol. The number of carbonyl (C=O) groups is 1. The molecule has 3 rings (SSSR count). The molecule has 1 N–H and O–H groups in total. The normalized spacial score (nSPS) is 15.1. The van der Waals surface area contributed by atoms with Crippen LogP contribution in [-0.2, 0) is 37.5 Å². The number of nitrogens with one attached hydrogen (secondary N) is 1. The third kappa shape index (κ3) is 8.79. The molecule has 0 saturated carbocycles. The van der Waals surface area contributed by atoms with Crippen LogP contribution in [0.15, 0.2) is 42.5 Å². The molecule has 5 heteroatoms. The Kier molecular flexibility index (Phi) is 12.4. The second-order valence-electron chi connectivity index (χ2n) is 8.29. The van der Waals surface area contributed by atoms with Gasteiger partial charge in [0.1, 0.15) is 0 Å². The minimum absolute atomic E-state index is 0. The number of hydrogen-bond acceptors (Lipinski definition) is 1. The molecule has 1 amide bonds. The molecule has 1 fully saturated rings. The van der Waals surface area contributed by atoms with Crippen molar-refractivity contribution in [3.63, 3.8) is 0 Å². The summed E-state index contributed by atoms with van der Waals surface area (Å²) in [5, 5.41) is 3.84. The standard InChI is InChI=1S/C18H27ClN2O.C7H8.Y/c1-4-21(9-7-5-6-8-10-21)13-17(22)20-18-14(2)11-16(19)12-15(18)3;1-7-5-3-2-4-6-7;/h11-12H,4-10,13H2,1-3H3;2-6H,1H3;/p+1. The van der Waals surface area contributed by atoms with E-state index in [1.165, 1.54) is 31.2 Å². The molecule has 1 radical (unpaired) electrons. The summed E-state index contributed by atoms with van der Waals surface area (Å²) in [6, 6.07) is 14.1. The fourth-order valence-corrected chi connectivity index (χ4v) is 4.40. The Bertz CT molecular complexity index is 764. The number of likely N-dealkylation sites (tertiary alicyclic amines) is 1. The first-order valence-electron chi connectivity index (χ1n) is 10.8. The van der Waals surface area contributed by atoms with Crippen molar-refractivity contribution < 1.29 is 42.0 Å². The third-order valence-corrected chi connectivity index (χ3v) is 6.09. The number of benzene rings is 2. The van der Waals surface area contributed by atoms with E-state index in [2.05, 4.69) is 31.3 Å². The first-order chi connectivity index (χ1) is 13.8. The summed E-state index contributed by atoms with van der Waals surface area (Å²) < 4.78 is 0.928. The van der Waals surface area contributed by atoms with Gasteiger partial charge in [-0.15, -0.1) is 0 Å². The van der Waals surface area contributed by atoms with Gasteiger partial charge in [0.15, 0.2) is 6.54 Å². The number of amides is 1. The number of rotatable bonds is 4. The average Bonchev–Trinajstić information content (AvgIpc) is 2.92. The van der Waals surface area contributed by atoms with E-state index in [4.69, 9.17) is 11.6 Å². The fraction of sp³-hybridized carbons (Fsp3) is 0.480. The Labute approximate surface area is 213 Å². The van der Waals surface area contributed by atoms with Crippen molar-refractivity contribution in [2.24, 2.45) is 0 Å². The van der Waals surface area contributed by atoms with Gasteiger partial charge in [0.2, 0.25) is 0 Å². The van der Waals surface area contributed by atoms with E-state index in [0.717, 1.165) is 46.0 Å². The molecule has 0 aliphatic carbocycles. The maximum absolute atomic E-state index is 12.6. The Morgan fingerprint density at radius 1 is 0.967 bits per heavy atom. The van der Waals surface area contributed by atoms with Gasteiger partial charge in [0.05, 0.1) is 19.6 Å². The van der Waals surface area contributed by atoms with Gasteiger partial charge < -0.3 is 9.80 Å². The molecule has 0 atom stereocenters. The van der Waals surface area contributed by atoms with Crippen LogP contribution in [0.25, 0.3) is 0 Å². The summed E-state index contributed by atoms with van der Waals surface area (Å²) in [5.74, 6) is 0.122. The van der Waals surface area contributed by atoms with Crippen molar-refractivity contribution in [1.82, 2.24) is 0 Å². The SMILES string of the molecule is CC[N+]1(CC(=O)Nc2c(C)cc(Cl)cc2C)CCCCCC1.Cc1ccccc1.[Y]. The summed E-state index contributed by atoms with van der Waals surface area (Å²) in [7, 11) is 0. The number of aryl methyl sites for hydroxylation is 3. The molecule has 0 unspecified atom stereocenters. The molecule has 0 aromatic heterocycles. The molecule has 1 aliphatic heterocycles. The number of halogens is 1. The minimum atomic E-state index is 0. The number of quaternary nitrogens is 1. The zero-order chi connectivity index (χ0) is 21.3. The second-order valence-corrected chi connectivity index (χ2v) is 8.73. The monoisotopic (exact) mass is 504 g/mol. The molecular weight excluding hydrogens is 469 g/mol. The topological polar surface area (TPSA) is 29.1 Å². The average molecular weight is 505 g/mol. The van der Waals surface area contributed by atoms with Crippen LogP contribution in [0, 0.1) is 20.8 Å². The number of likely N-dealkylation sites (N-methyl/N-ethyl adjacent to an activating group) is 1. The third-order valence-electron chi connectivity index (χ3n) is 5.87. The van der Waals surface area contributed by atoms with Gasteiger partial charge in [-0.05, 0) is 76.6 Å². The molecular formula is C25H36ClN2OY+.